The standard InChI is InChI=1S/C9H9FN2O/c10-7-3-1-2-6(4-7)8-5-11-9(13)12-8/h1-4,8H,5H2,(H2,11,12,13)/t8-/m0/s1. The molecule has 13 heavy (non-hydrogen) atoms. The molecule has 2 N–H and O–H groups in total. The van der Waals surface area contributed by atoms with Crippen LogP contribution in [-0.2, 0) is 0 Å². The third kappa shape index (κ3) is 1.61. The van der Waals surface area contributed by atoms with Crippen molar-refractivity contribution in [2.45, 2.75) is 6.04 Å². The van der Waals surface area contributed by atoms with Gasteiger partial charge in [-0.3, -0.25) is 0 Å². The molecule has 0 aliphatic carbocycles. The summed E-state index contributed by atoms with van der Waals surface area (Å²) in [4.78, 5) is 10.8. The van der Waals surface area contributed by atoms with E-state index in [-0.39, 0.29) is 17.9 Å². The van der Waals surface area contributed by atoms with Crippen molar-refractivity contribution >= 4 is 6.03 Å². The number of benzene rings is 1. The summed E-state index contributed by atoms with van der Waals surface area (Å²) >= 11 is 0. The van der Waals surface area contributed by atoms with Crippen molar-refractivity contribution in [1.82, 2.24) is 10.6 Å². The van der Waals surface area contributed by atoms with E-state index in [1.165, 1.54) is 12.1 Å². The van der Waals surface area contributed by atoms with Crippen molar-refractivity contribution in [2.75, 3.05) is 6.54 Å². The van der Waals surface area contributed by atoms with Gasteiger partial charge in [0, 0.05) is 6.54 Å². The highest BCUT2D eigenvalue weighted by molar-refractivity contribution is 5.76. The first kappa shape index (κ1) is 8.04. The normalized spacial score (nSPS) is 21.0. The fourth-order valence-corrected chi connectivity index (χ4v) is 1.38. The minimum atomic E-state index is -0.279. The molecule has 3 nitrogen and oxygen atoms in total. The van der Waals surface area contributed by atoms with E-state index in [4.69, 9.17) is 0 Å². The number of carbonyl (C=O) groups excluding carboxylic acids is 1. The predicted molar refractivity (Wildman–Crippen MR) is 45.7 cm³/mol. The van der Waals surface area contributed by atoms with Crippen LogP contribution < -0.4 is 10.6 Å². The minimum Gasteiger partial charge on any atom is -0.336 e. The maximum Gasteiger partial charge on any atom is 0.315 e. The number of urea groups is 1. The molecule has 0 bridgehead atoms. The predicted octanol–water partition coefficient (Wildman–Crippen LogP) is 1.18. The van der Waals surface area contributed by atoms with Crippen LogP contribution in [0.25, 0.3) is 0 Å². The fraction of sp³-hybridized carbons (Fsp3) is 0.222. The molecule has 0 saturated carbocycles. The molecule has 0 radical (unpaired) electrons. The Kier molecular flexibility index (Phi) is 1.88. The van der Waals surface area contributed by atoms with Crippen molar-refractivity contribution in [1.29, 1.82) is 0 Å². The summed E-state index contributed by atoms with van der Waals surface area (Å²) < 4.78 is 12.8. The smallest absolute Gasteiger partial charge is 0.315 e. The number of carbonyl (C=O) groups is 1. The number of hydrogen-bond donors (Lipinski definition) is 2. The lowest BCUT2D eigenvalue weighted by Gasteiger charge is -2.07. The van der Waals surface area contributed by atoms with E-state index in [0.717, 1.165) is 5.56 Å². The van der Waals surface area contributed by atoms with Gasteiger partial charge in [-0.2, -0.15) is 0 Å². The van der Waals surface area contributed by atoms with Crippen LogP contribution in [-0.4, -0.2) is 12.6 Å². The van der Waals surface area contributed by atoms with E-state index < -0.39 is 0 Å². The molecule has 4 heteroatoms. The largest absolute Gasteiger partial charge is 0.336 e. The zero-order valence-electron chi connectivity index (χ0n) is 6.88. The van der Waals surface area contributed by atoms with Crippen molar-refractivity contribution in [3.8, 4) is 0 Å². The summed E-state index contributed by atoms with van der Waals surface area (Å²) in [5.74, 6) is -0.279. The Balaban J connectivity index is 2.21. The van der Waals surface area contributed by atoms with E-state index in [9.17, 15) is 9.18 Å². The highest BCUT2D eigenvalue weighted by Crippen LogP contribution is 2.15. The fourth-order valence-electron chi connectivity index (χ4n) is 1.38. The van der Waals surface area contributed by atoms with Crippen molar-refractivity contribution < 1.29 is 9.18 Å². The molecular formula is C9H9FN2O. The topological polar surface area (TPSA) is 41.1 Å². The van der Waals surface area contributed by atoms with Crippen LogP contribution in [0.3, 0.4) is 0 Å². The molecule has 2 rings (SSSR count). The molecule has 0 spiro atoms. The number of nitrogens with one attached hydrogen (secondary N) is 2. The van der Waals surface area contributed by atoms with Gasteiger partial charge < -0.3 is 10.6 Å². The van der Waals surface area contributed by atoms with Crippen LogP contribution in [0.4, 0.5) is 9.18 Å². The van der Waals surface area contributed by atoms with Gasteiger partial charge in [0.1, 0.15) is 5.82 Å². The summed E-state index contributed by atoms with van der Waals surface area (Å²) in [5.41, 5.74) is 0.790. The first-order valence-corrected chi connectivity index (χ1v) is 4.05. The van der Waals surface area contributed by atoms with Gasteiger partial charge in [-0.15, -0.1) is 0 Å². The quantitative estimate of drug-likeness (QED) is 0.669. The number of halogens is 1. The lowest BCUT2D eigenvalue weighted by Crippen LogP contribution is -2.21. The second kappa shape index (κ2) is 3.05. The molecule has 1 aliphatic heterocycles. The molecule has 68 valence electrons. The molecular weight excluding hydrogens is 171 g/mol. The van der Waals surface area contributed by atoms with E-state index in [2.05, 4.69) is 10.6 Å². The van der Waals surface area contributed by atoms with E-state index >= 15 is 0 Å². The van der Waals surface area contributed by atoms with Gasteiger partial charge in [0.2, 0.25) is 0 Å². The van der Waals surface area contributed by atoms with E-state index in [1.807, 2.05) is 0 Å². The van der Waals surface area contributed by atoms with Gasteiger partial charge in [-0.25, -0.2) is 9.18 Å². The first-order valence-electron chi connectivity index (χ1n) is 4.05. The Hall–Kier alpha value is -1.58. The van der Waals surface area contributed by atoms with Crippen LogP contribution in [0.2, 0.25) is 0 Å². The third-order valence-corrected chi connectivity index (χ3v) is 2.02. The van der Waals surface area contributed by atoms with E-state index in [0.29, 0.717) is 6.54 Å². The molecule has 1 aromatic carbocycles. The minimum absolute atomic E-state index is 0.108. The molecule has 1 atom stereocenters. The maximum absolute atomic E-state index is 12.8. The second-order valence-corrected chi connectivity index (χ2v) is 2.96. The molecule has 1 saturated heterocycles. The average Bonchev–Trinajstić information content (AvgIpc) is 2.52. The van der Waals surface area contributed by atoms with Crippen LogP contribution in [0.15, 0.2) is 24.3 Å². The molecule has 1 aromatic rings. The van der Waals surface area contributed by atoms with Crippen molar-refractivity contribution in [3.63, 3.8) is 0 Å². The highest BCUT2D eigenvalue weighted by Gasteiger charge is 2.21. The Labute approximate surface area is 74.9 Å². The monoisotopic (exact) mass is 180 g/mol. The number of amides is 2. The van der Waals surface area contributed by atoms with Gasteiger partial charge in [-0.1, -0.05) is 12.1 Å². The maximum atomic E-state index is 12.8. The Morgan fingerprint density at radius 3 is 2.92 bits per heavy atom. The van der Waals surface area contributed by atoms with Crippen molar-refractivity contribution in [2.24, 2.45) is 0 Å². The number of hydrogen-bond acceptors (Lipinski definition) is 1. The molecule has 0 aromatic heterocycles. The van der Waals surface area contributed by atoms with Gasteiger partial charge in [0.25, 0.3) is 0 Å². The third-order valence-electron chi connectivity index (χ3n) is 2.02. The van der Waals surface area contributed by atoms with Gasteiger partial charge in [0.15, 0.2) is 0 Å². The molecule has 2 amide bonds. The van der Waals surface area contributed by atoms with Crippen LogP contribution in [0.1, 0.15) is 11.6 Å². The summed E-state index contributed by atoms with van der Waals surface area (Å²) in [6, 6.07) is 5.93. The zero-order valence-corrected chi connectivity index (χ0v) is 6.88. The van der Waals surface area contributed by atoms with Crippen molar-refractivity contribution in [3.05, 3.63) is 35.6 Å². The van der Waals surface area contributed by atoms with Crippen LogP contribution in [0, 0.1) is 5.82 Å². The lowest BCUT2D eigenvalue weighted by molar-refractivity contribution is 0.247. The summed E-state index contributed by atoms with van der Waals surface area (Å²) in [6.07, 6.45) is 0. The zero-order chi connectivity index (χ0) is 9.26. The molecule has 1 aliphatic rings. The van der Waals surface area contributed by atoms with Crippen LogP contribution in [0.5, 0.6) is 0 Å². The number of rotatable bonds is 1. The van der Waals surface area contributed by atoms with Gasteiger partial charge in [0.05, 0.1) is 6.04 Å². The lowest BCUT2D eigenvalue weighted by atomic mass is 10.1. The highest BCUT2D eigenvalue weighted by atomic mass is 19.1. The summed E-state index contributed by atoms with van der Waals surface area (Å²) in [7, 11) is 0. The summed E-state index contributed by atoms with van der Waals surface area (Å²) in [6.45, 7) is 0.516. The van der Waals surface area contributed by atoms with E-state index in [1.54, 1.807) is 12.1 Å². The second-order valence-electron chi connectivity index (χ2n) is 2.96. The molecule has 0 unspecified atom stereocenters. The van der Waals surface area contributed by atoms with Gasteiger partial charge >= 0.3 is 6.03 Å². The van der Waals surface area contributed by atoms with Crippen LogP contribution >= 0.6 is 0 Å². The Morgan fingerprint density at radius 2 is 2.31 bits per heavy atom. The molecule has 1 heterocycles. The average molecular weight is 180 g/mol. The summed E-state index contributed by atoms with van der Waals surface area (Å²) in [5, 5.41) is 5.30. The Morgan fingerprint density at radius 1 is 1.46 bits per heavy atom. The van der Waals surface area contributed by atoms with Gasteiger partial charge in [-0.05, 0) is 17.7 Å². The SMILES string of the molecule is O=C1NC[C@@H](c2cccc(F)c2)N1. The Bertz CT molecular complexity index is 340. The molecule has 1 fully saturated rings. The first-order chi connectivity index (χ1) is 6.25.